The number of nitro groups is 1. The number of hydrogen-bond acceptors (Lipinski definition) is 4. The quantitative estimate of drug-likeness (QED) is 0.673. The Bertz CT molecular complexity index is 805. The van der Waals surface area contributed by atoms with Crippen molar-refractivity contribution in [3.63, 3.8) is 0 Å². The molecule has 2 fully saturated rings. The molecule has 2 N–H and O–H groups in total. The van der Waals surface area contributed by atoms with Gasteiger partial charge in [-0.05, 0) is 42.8 Å². The third-order valence-electron chi connectivity index (χ3n) is 4.93. The number of benzene rings is 2. The van der Waals surface area contributed by atoms with Crippen molar-refractivity contribution in [1.29, 1.82) is 0 Å². The Balaban J connectivity index is 1.59. The van der Waals surface area contributed by atoms with Crippen LogP contribution in [0.4, 0.5) is 5.69 Å². The summed E-state index contributed by atoms with van der Waals surface area (Å²) in [5, 5.41) is 18.9. The molecule has 0 spiro atoms. The van der Waals surface area contributed by atoms with Crippen LogP contribution in [-0.2, 0) is 0 Å². The van der Waals surface area contributed by atoms with Crippen LogP contribution in [0.5, 0.6) is 0 Å². The highest BCUT2D eigenvalue weighted by Crippen LogP contribution is 2.29. The fraction of sp³-hybridized carbons (Fsp3) is 0.353. The summed E-state index contributed by atoms with van der Waals surface area (Å²) in [7, 11) is 0. The Morgan fingerprint density at radius 2 is 2.13 bits per heavy atom. The van der Waals surface area contributed by atoms with Crippen LogP contribution in [0.25, 0.3) is 10.8 Å². The number of non-ortho nitro benzene ring substituents is 1. The lowest BCUT2D eigenvalue weighted by atomic mass is 9.95. The van der Waals surface area contributed by atoms with Crippen LogP contribution in [0.3, 0.4) is 0 Å². The number of nitro benzene ring substituents is 1. The van der Waals surface area contributed by atoms with Crippen molar-refractivity contribution >= 4 is 22.4 Å². The van der Waals surface area contributed by atoms with Crippen molar-refractivity contribution in [3.05, 3.63) is 52.1 Å². The third kappa shape index (κ3) is 2.45. The Morgan fingerprint density at radius 1 is 1.26 bits per heavy atom. The molecule has 118 valence electrons. The SMILES string of the molecule is O=C(N[C@@H]1C[C@H]2CC[C@@H]1N2)c1ccc2c([N+](=O)[O-])cccc2c1. The second-order valence-corrected chi connectivity index (χ2v) is 6.33. The summed E-state index contributed by atoms with van der Waals surface area (Å²) in [4.78, 5) is 23.1. The number of nitrogens with zero attached hydrogens (tertiary/aromatic N) is 1. The van der Waals surface area contributed by atoms with Gasteiger partial charge in [0.05, 0.1) is 10.3 Å². The van der Waals surface area contributed by atoms with E-state index < -0.39 is 4.92 Å². The summed E-state index contributed by atoms with van der Waals surface area (Å²) in [5.41, 5.74) is 0.604. The smallest absolute Gasteiger partial charge is 0.277 e. The Morgan fingerprint density at radius 3 is 2.83 bits per heavy atom. The number of hydrogen-bond donors (Lipinski definition) is 2. The topological polar surface area (TPSA) is 84.3 Å². The van der Waals surface area contributed by atoms with Crippen LogP contribution in [0.2, 0.25) is 0 Å². The largest absolute Gasteiger partial charge is 0.348 e. The second-order valence-electron chi connectivity index (χ2n) is 6.33. The van der Waals surface area contributed by atoms with Gasteiger partial charge < -0.3 is 10.6 Å². The van der Waals surface area contributed by atoms with E-state index in [2.05, 4.69) is 10.6 Å². The molecule has 2 bridgehead atoms. The van der Waals surface area contributed by atoms with Crippen molar-refractivity contribution in [2.75, 3.05) is 0 Å². The first kappa shape index (κ1) is 14.1. The molecule has 2 aromatic rings. The van der Waals surface area contributed by atoms with Gasteiger partial charge in [0.25, 0.3) is 11.6 Å². The second kappa shape index (κ2) is 5.31. The van der Waals surface area contributed by atoms with E-state index in [1.54, 1.807) is 30.3 Å². The molecule has 3 atom stereocenters. The summed E-state index contributed by atoms with van der Waals surface area (Å²) in [5.74, 6) is -0.113. The first-order valence-corrected chi connectivity index (χ1v) is 7.86. The Labute approximate surface area is 133 Å². The van der Waals surface area contributed by atoms with Crippen molar-refractivity contribution in [2.45, 2.75) is 37.4 Å². The minimum Gasteiger partial charge on any atom is -0.348 e. The lowest BCUT2D eigenvalue weighted by Gasteiger charge is -2.21. The minimum atomic E-state index is -0.400. The van der Waals surface area contributed by atoms with Gasteiger partial charge in [0.1, 0.15) is 0 Å². The number of nitrogens with one attached hydrogen (secondary N) is 2. The Hall–Kier alpha value is -2.47. The fourth-order valence-corrected chi connectivity index (χ4v) is 3.80. The molecule has 4 rings (SSSR count). The molecule has 2 heterocycles. The third-order valence-corrected chi connectivity index (χ3v) is 4.93. The van der Waals surface area contributed by atoms with Gasteiger partial charge in [0.15, 0.2) is 0 Å². The maximum Gasteiger partial charge on any atom is 0.277 e. The van der Waals surface area contributed by atoms with Crippen molar-refractivity contribution in [2.24, 2.45) is 0 Å². The molecule has 0 saturated carbocycles. The van der Waals surface area contributed by atoms with Gasteiger partial charge >= 0.3 is 0 Å². The van der Waals surface area contributed by atoms with Crippen LogP contribution >= 0.6 is 0 Å². The van der Waals surface area contributed by atoms with E-state index in [0.717, 1.165) is 12.8 Å². The summed E-state index contributed by atoms with van der Waals surface area (Å²) in [6.07, 6.45) is 3.28. The van der Waals surface area contributed by atoms with E-state index in [1.165, 1.54) is 12.5 Å². The highest BCUT2D eigenvalue weighted by Gasteiger charge is 2.39. The number of carbonyl (C=O) groups is 1. The monoisotopic (exact) mass is 311 g/mol. The molecule has 0 aromatic heterocycles. The Kier molecular flexibility index (Phi) is 3.27. The fourth-order valence-electron chi connectivity index (χ4n) is 3.80. The van der Waals surface area contributed by atoms with E-state index >= 15 is 0 Å². The van der Waals surface area contributed by atoms with Gasteiger partial charge in [0.2, 0.25) is 0 Å². The molecule has 2 aromatic carbocycles. The molecule has 0 radical (unpaired) electrons. The number of fused-ring (bicyclic) bond motifs is 3. The number of rotatable bonds is 3. The highest BCUT2D eigenvalue weighted by atomic mass is 16.6. The van der Waals surface area contributed by atoms with Crippen LogP contribution in [-0.4, -0.2) is 29.0 Å². The van der Waals surface area contributed by atoms with E-state index in [9.17, 15) is 14.9 Å². The average Bonchev–Trinajstić information content (AvgIpc) is 3.16. The summed E-state index contributed by atoms with van der Waals surface area (Å²) >= 11 is 0. The van der Waals surface area contributed by atoms with Crippen molar-refractivity contribution in [3.8, 4) is 0 Å². The van der Waals surface area contributed by atoms with E-state index in [4.69, 9.17) is 0 Å². The predicted molar refractivity (Wildman–Crippen MR) is 86.4 cm³/mol. The molecule has 6 heteroatoms. The lowest BCUT2D eigenvalue weighted by molar-refractivity contribution is -0.383. The van der Waals surface area contributed by atoms with E-state index in [1.807, 2.05) is 0 Å². The molecular weight excluding hydrogens is 294 g/mol. The normalized spacial score (nSPS) is 25.7. The van der Waals surface area contributed by atoms with Crippen LogP contribution < -0.4 is 10.6 Å². The standard InChI is InChI=1S/C17H17N3O3/c21-17(19-15-9-12-5-7-14(15)18-12)11-4-6-13-10(8-11)2-1-3-16(13)20(22)23/h1-4,6,8,12,14-15,18H,5,7,9H2,(H,19,21)/t12-,14+,15-/m1/s1. The molecule has 1 amide bonds. The minimum absolute atomic E-state index is 0.0618. The van der Waals surface area contributed by atoms with Crippen molar-refractivity contribution < 1.29 is 9.72 Å². The molecule has 2 saturated heterocycles. The first-order chi connectivity index (χ1) is 11.1. The summed E-state index contributed by atoms with van der Waals surface area (Å²) < 4.78 is 0. The number of carbonyl (C=O) groups excluding carboxylic acids is 1. The summed E-state index contributed by atoms with van der Waals surface area (Å²) in [6, 6.07) is 11.0. The molecule has 2 aliphatic rings. The molecule has 0 aliphatic carbocycles. The molecule has 2 aliphatic heterocycles. The van der Waals surface area contributed by atoms with Crippen molar-refractivity contribution in [1.82, 2.24) is 10.6 Å². The van der Waals surface area contributed by atoms with Crippen LogP contribution in [0.15, 0.2) is 36.4 Å². The average molecular weight is 311 g/mol. The van der Waals surface area contributed by atoms with Crippen LogP contribution in [0.1, 0.15) is 29.6 Å². The molecule has 6 nitrogen and oxygen atoms in total. The highest BCUT2D eigenvalue weighted by molar-refractivity contribution is 6.00. The van der Waals surface area contributed by atoms with Gasteiger partial charge in [-0.2, -0.15) is 0 Å². The van der Waals surface area contributed by atoms with Gasteiger partial charge in [-0.25, -0.2) is 0 Å². The zero-order chi connectivity index (χ0) is 16.0. The predicted octanol–water partition coefficient (Wildman–Crippen LogP) is 2.37. The van der Waals surface area contributed by atoms with Gasteiger partial charge in [0, 0.05) is 29.8 Å². The van der Waals surface area contributed by atoms with Gasteiger partial charge in [-0.15, -0.1) is 0 Å². The van der Waals surface area contributed by atoms with Gasteiger partial charge in [-0.1, -0.05) is 12.1 Å². The molecular formula is C17H17N3O3. The maximum absolute atomic E-state index is 12.5. The lowest BCUT2D eigenvalue weighted by Crippen LogP contribution is -2.42. The van der Waals surface area contributed by atoms with Gasteiger partial charge in [-0.3, -0.25) is 14.9 Å². The van der Waals surface area contributed by atoms with E-state index in [0.29, 0.717) is 28.4 Å². The zero-order valence-corrected chi connectivity index (χ0v) is 12.5. The van der Waals surface area contributed by atoms with Crippen LogP contribution in [0, 0.1) is 10.1 Å². The zero-order valence-electron chi connectivity index (χ0n) is 12.5. The maximum atomic E-state index is 12.5. The van der Waals surface area contributed by atoms with E-state index in [-0.39, 0.29) is 17.6 Å². The number of amides is 1. The molecule has 0 unspecified atom stereocenters. The molecule has 23 heavy (non-hydrogen) atoms. The summed E-state index contributed by atoms with van der Waals surface area (Å²) in [6.45, 7) is 0. The first-order valence-electron chi connectivity index (χ1n) is 7.86.